The lowest BCUT2D eigenvalue weighted by atomic mass is 9.71. The van der Waals surface area contributed by atoms with Gasteiger partial charge in [-0.15, -0.1) is 0 Å². The van der Waals surface area contributed by atoms with Gasteiger partial charge in [-0.05, 0) is 52.7 Å². The molecule has 0 spiro atoms. The topological polar surface area (TPSA) is 49.7 Å². The van der Waals surface area contributed by atoms with Gasteiger partial charge in [0, 0.05) is 16.2 Å². The zero-order chi connectivity index (χ0) is 24.2. The molecule has 0 saturated heterocycles. The summed E-state index contributed by atoms with van der Waals surface area (Å²) in [6.45, 7) is 16.0. The van der Waals surface area contributed by atoms with Crippen LogP contribution in [0.2, 0.25) is 10.0 Å². The van der Waals surface area contributed by atoms with Gasteiger partial charge in [-0.1, -0.05) is 78.6 Å². The molecule has 0 fully saturated rings. The number of nitrogens with zero attached hydrogens (tertiary/aromatic N) is 2. The van der Waals surface area contributed by atoms with Crippen LogP contribution in [0.4, 0.5) is 5.69 Å². The fourth-order valence-electron chi connectivity index (χ4n) is 3.79. The monoisotopic (exact) mass is 472 g/mol. The number of rotatable bonds is 2. The van der Waals surface area contributed by atoms with Gasteiger partial charge in [0.25, 0.3) is 5.91 Å². The fraction of sp³-hybridized carbons (Fsp3) is 0.423. The van der Waals surface area contributed by atoms with Gasteiger partial charge in [0.1, 0.15) is 0 Å². The standard InChI is InChI=1S/C26H30Cl2N2O2/c1-14(2)22-21(24(32)30(29-22)20-13-16(27)9-10-19(20)28)15-11-17(25(3,4)5)23(31)18(12-15)26(6,7)8/h9-14H,1-8H3. The molecule has 1 aliphatic heterocycles. The Bertz CT molecular complexity index is 1090. The molecule has 0 saturated carbocycles. The first-order valence-corrected chi connectivity index (χ1v) is 11.5. The Balaban J connectivity index is 2.29. The molecule has 3 rings (SSSR count). The highest BCUT2D eigenvalue weighted by molar-refractivity contribution is 6.38. The van der Waals surface area contributed by atoms with Gasteiger partial charge in [0.15, 0.2) is 5.78 Å². The Morgan fingerprint density at radius 2 is 1.44 bits per heavy atom. The van der Waals surface area contributed by atoms with Crippen LogP contribution in [0.15, 0.2) is 57.7 Å². The molecule has 0 unspecified atom stereocenters. The number of hydrogen-bond donors (Lipinski definition) is 0. The van der Waals surface area contributed by atoms with Crippen molar-refractivity contribution in [2.75, 3.05) is 5.01 Å². The van der Waals surface area contributed by atoms with Gasteiger partial charge >= 0.3 is 0 Å². The van der Waals surface area contributed by atoms with Crippen molar-refractivity contribution in [1.82, 2.24) is 0 Å². The number of hydrazone groups is 1. The molecule has 0 atom stereocenters. The lowest BCUT2D eigenvalue weighted by Gasteiger charge is -2.31. The molecule has 0 bridgehead atoms. The summed E-state index contributed by atoms with van der Waals surface area (Å²) in [4.78, 5) is 27.0. The maximum atomic E-state index is 13.7. The van der Waals surface area contributed by atoms with E-state index in [0.29, 0.717) is 43.7 Å². The molecule has 6 heteroatoms. The van der Waals surface area contributed by atoms with E-state index in [9.17, 15) is 9.59 Å². The van der Waals surface area contributed by atoms with Gasteiger partial charge in [0.2, 0.25) is 0 Å². The largest absolute Gasteiger partial charge is 0.289 e. The molecule has 1 heterocycles. The van der Waals surface area contributed by atoms with E-state index in [1.165, 1.54) is 5.01 Å². The second kappa shape index (κ2) is 8.31. The number of carbonyl (C=O) groups excluding carboxylic acids is 2. The second-order valence-corrected chi connectivity index (χ2v) is 11.5. The summed E-state index contributed by atoms with van der Waals surface area (Å²) < 4.78 is 0. The summed E-state index contributed by atoms with van der Waals surface area (Å²) >= 11 is 12.5. The third-order valence-electron chi connectivity index (χ3n) is 5.55. The zero-order valence-corrected chi connectivity index (χ0v) is 21.4. The molecule has 32 heavy (non-hydrogen) atoms. The molecule has 0 N–H and O–H groups in total. The Hall–Kier alpha value is -2.17. The molecule has 1 aromatic carbocycles. The second-order valence-electron chi connectivity index (χ2n) is 10.6. The summed E-state index contributed by atoms with van der Waals surface area (Å²) in [5.41, 5.74) is 2.91. The third kappa shape index (κ3) is 4.49. The van der Waals surface area contributed by atoms with Crippen LogP contribution in [0.1, 0.15) is 55.4 Å². The van der Waals surface area contributed by atoms with E-state index < -0.39 is 0 Å². The van der Waals surface area contributed by atoms with Gasteiger partial charge in [0.05, 0.1) is 22.0 Å². The number of amides is 1. The van der Waals surface area contributed by atoms with E-state index in [2.05, 4.69) is 5.10 Å². The minimum atomic E-state index is -0.375. The van der Waals surface area contributed by atoms with Crippen LogP contribution >= 0.6 is 23.2 Å². The molecule has 2 aliphatic rings. The van der Waals surface area contributed by atoms with Crippen LogP contribution in [0.3, 0.4) is 0 Å². The lowest BCUT2D eigenvalue weighted by Crippen LogP contribution is -2.29. The summed E-state index contributed by atoms with van der Waals surface area (Å²) in [6, 6.07) is 4.95. The Kier molecular flexibility index (Phi) is 6.36. The first-order valence-electron chi connectivity index (χ1n) is 10.7. The quantitative estimate of drug-likeness (QED) is 0.428. The first-order chi connectivity index (χ1) is 14.6. The van der Waals surface area contributed by atoms with Crippen molar-refractivity contribution < 1.29 is 9.59 Å². The maximum Gasteiger partial charge on any atom is 0.281 e. The fourth-order valence-corrected chi connectivity index (χ4v) is 4.16. The SMILES string of the molecule is CC(C)C1=NN(c2cc(Cl)ccc2Cl)C(=O)C1=C1C=C(C(C)(C)C)C(=O)C(C(C)(C)C)=C1. The molecule has 170 valence electrons. The van der Waals surface area contributed by atoms with Crippen molar-refractivity contribution in [1.29, 1.82) is 0 Å². The summed E-state index contributed by atoms with van der Waals surface area (Å²) in [5.74, 6) is -0.270. The molecule has 1 aromatic rings. The molecule has 1 amide bonds. The highest BCUT2D eigenvalue weighted by Gasteiger charge is 2.39. The number of benzene rings is 1. The number of anilines is 1. The van der Waals surface area contributed by atoms with Crippen LogP contribution in [-0.4, -0.2) is 17.4 Å². The van der Waals surface area contributed by atoms with Gasteiger partial charge < -0.3 is 0 Å². The Morgan fingerprint density at radius 1 is 0.906 bits per heavy atom. The average Bonchev–Trinajstić information content (AvgIpc) is 2.99. The lowest BCUT2D eigenvalue weighted by molar-refractivity contribution is -0.115. The minimum absolute atomic E-state index is 0.0139. The van der Waals surface area contributed by atoms with Crippen molar-refractivity contribution in [3.05, 3.63) is 62.7 Å². The highest BCUT2D eigenvalue weighted by Crippen LogP contribution is 2.41. The van der Waals surface area contributed by atoms with Crippen molar-refractivity contribution in [2.24, 2.45) is 21.8 Å². The summed E-state index contributed by atoms with van der Waals surface area (Å²) in [5, 5.41) is 6.81. The van der Waals surface area contributed by atoms with E-state index in [0.717, 1.165) is 0 Å². The normalized spacial score (nSPS) is 17.8. The summed E-state index contributed by atoms with van der Waals surface area (Å²) in [6.07, 6.45) is 3.71. The number of halogens is 2. The van der Waals surface area contributed by atoms with Gasteiger partial charge in [-0.25, -0.2) is 0 Å². The predicted molar refractivity (Wildman–Crippen MR) is 133 cm³/mol. The van der Waals surface area contributed by atoms with E-state index in [1.807, 2.05) is 67.5 Å². The molecule has 0 aromatic heterocycles. The molecule has 0 radical (unpaired) electrons. The minimum Gasteiger partial charge on any atom is -0.289 e. The first kappa shape index (κ1) is 24.5. The highest BCUT2D eigenvalue weighted by atomic mass is 35.5. The van der Waals surface area contributed by atoms with E-state index >= 15 is 0 Å². The zero-order valence-electron chi connectivity index (χ0n) is 19.9. The maximum absolute atomic E-state index is 13.7. The Morgan fingerprint density at radius 3 is 1.91 bits per heavy atom. The van der Waals surface area contributed by atoms with Crippen molar-refractivity contribution in [2.45, 2.75) is 55.4 Å². The van der Waals surface area contributed by atoms with Gasteiger partial charge in [-0.3, -0.25) is 9.59 Å². The molecule has 4 nitrogen and oxygen atoms in total. The van der Waals surface area contributed by atoms with E-state index in [-0.39, 0.29) is 28.4 Å². The Labute approximate surface area is 200 Å². The number of hydrogen-bond acceptors (Lipinski definition) is 3. The van der Waals surface area contributed by atoms with Crippen LogP contribution in [-0.2, 0) is 9.59 Å². The van der Waals surface area contributed by atoms with Crippen molar-refractivity contribution in [3.63, 3.8) is 0 Å². The van der Waals surface area contributed by atoms with Crippen molar-refractivity contribution >= 4 is 46.3 Å². The predicted octanol–water partition coefficient (Wildman–Crippen LogP) is 7.18. The van der Waals surface area contributed by atoms with Crippen LogP contribution in [0.25, 0.3) is 0 Å². The van der Waals surface area contributed by atoms with Crippen LogP contribution in [0.5, 0.6) is 0 Å². The third-order valence-corrected chi connectivity index (χ3v) is 6.10. The average molecular weight is 473 g/mol. The number of ketones is 1. The van der Waals surface area contributed by atoms with Gasteiger partial charge in [-0.2, -0.15) is 10.1 Å². The smallest absolute Gasteiger partial charge is 0.281 e. The number of allylic oxidation sites excluding steroid dienone is 5. The number of carbonyl (C=O) groups is 2. The van der Waals surface area contributed by atoms with E-state index in [1.54, 1.807) is 18.2 Å². The van der Waals surface area contributed by atoms with Crippen molar-refractivity contribution in [3.8, 4) is 0 Å². The molecular formula is C26H30Cl2N2O2. The van der Waals surface area contributed by atoms with Crippen LogP contribution in [0, 0.1) is 16.7 Å². The molecule has 1 aliphatic carbocycles. The summed E-state index contributed by atoms with van der Waals surface area (Å²) in [7, 11) is 0. The molecular weight excluding hydrogens is 443 g/mol. The van der Waals surface area contributed by atoms with E-state index in [4.69, 9.17) is 23.2 Å². The van der Waals surface area contributed by atoms with Crippen LogP contribution < -0.4 is 5.01 Å². The number of Topliss-reactive ketones (excluding diaryl/α,β-unsaturated/α-hetero) is 1.